The second kappa shape index (κ2) is 6.75. The average molecular weight is 269 g/mol. The van der Waals surface area contributed by atoms with Crippen LogP contribution in [0.1, 0.15) is 24.2 Å². The van der Waals surface area contributed by atoms with Gasteiger partial charge in [-0.1, -0.05) is 18.2 Å². The molecule has 0 amide bonds. The van der Waals surface area contributed by atoms with Crippen LogP contribution in [0.5, 0.6) is 5.75 Å². The van der Waals surface area contributed by atoms with Crippen molar-refractivity contribution >= 4 is 11.5 Å². The summed E-state index contributed by atoms with van der Waals surface area (Å²) in [6.07, 6.45) is 0.135. The molecule has 0 aliphatic carbocycles. The van der Waals surface area contributed by atoms with E-state index < -0.39 is 0 Å². The van der Waals surface area contributed by atoms with Gasteiger partial charge in [0.1, 0.15) is 5.75 Å². The molecule has 0 saturated carbocycles. The zero-order valence-electron chi connectivity index (χ0n) is 11.8. The van der Waals surface area contributed by atoms with Crippen LogP contribution in [0.2, 0.25) is 0 Å². The minimum atomic E-state index is 0.0601. The second-order valence-corrected chi connectivity index (χ2v) is 4.83. The van der Waals surface area contributed by atoms with Crippen LogP contribution in [-0.2, 0) is 0 Å². The highest BCUT2D eigenvalue weighted by molar-refractivity contribution is 5.99. The van der Waals surface area contributed by atoms with Crippen molar-refractivity contribution in [2.24, 2.45) is 0 Å². The number of hydrogen-bond acceptors (Lipinski definition) is 3. The summed E-state index contributed by atoms with van der Waals surface area (Å²) in [5, 5.41) is 3.11. The summed E-state index contributed by atoms with van der Waals surface area (Å²) in [6.45, 7) is 4.24. The number of anilines is 1. The molecule has 0 saturated heterocycles. The van der Waals surface area contributed by atoms with Crippen molar-refractivity contribution in [1.82, 2.24) is 0 Å². The van der Waals surface area contributed by atoms with E-state index in [-0.39, 0.29) is 18.4 Å². The van der Waals surface area contributed by atoms with Crippen molar-refractivity contribution in [3.8, 4) is 5.75 Å². The molecule has 2 rings (SSSR count). The van der Waals surface area contributed by atoms with Gasteiger partial charge in [0.25, 0.3) is 0 Å². The number of nitrogens with one attached hydrogen (secondary N) is 1. The van der Waals surface area contributed by atoms with E-state index >= 15 is 0 Å². The molecule has 2 aromatic rings. The largest absolute Gasteiger partial charge is 0.491 e. The Bertz CT molecular complexity index is 547. The number of rotatable bonds is 6. The lowest BCUT2D eigenvalue weighted by atomic mass is 10.1. The molecule has 0 aliphatic heterocycles. The Morgan fingerprint density at radius 2 is 1.70 bits per heavy atom. The van der Waals surface area contributed by atoms with Crippen LogP contribution in [0.15, 0.2) is 54.6 Å². The molecule has 0 atom stereocenters. The lowest BCUT2D eigenvalue weighted by Gasteiger charge is -2.10. The maximum atomic E-state index is 12.0. The molecular formula is C17H19NO2. The molecule has 3 nitrogen and oxygen atoms in total. The summed E-state index contributed by atoms with van der Waals surface area (Å²) in [5.41, 5.74) is 1.63. The third-order valence-electron chi connectivity index (χ3n) is 2.77. The number of para-hydroxylation sites is 1. The van der Waals surface area contributed by atoms with Gasteiger partial charge in [-0.05, 0) is 50.2 Å². The predicted octanol–water partition coefficient (Wildman–Crippen LogP) is 3.77. The Morgan fingerprint density at radius 3 is 2.30 bits per heavy atom. The molecule has 0 fully saturated rings. The van der Waals surface area contributed by atoms with Gasteiger partial charge in [0.15, 0.2) is 5.78 Å². The Balaban J connectivity index is 1.92. The monoisotopic (exact) mass is 269 g/mol. The van der Waals surface area contributed by atoms with Gasteiger partial charge >= 0.3 is 0 Å². The minimum Gasteiger partial charge on any atom is -0.491 e. The number of carbonyl (C=O) groups is 1. The van der Waals surface area contributed by atoms with Gasteiger partial charge in [0.05, 0.1) is 12.6 Å². The van der Waals surface area contributed by atoms with Crippen molar-refractivity contribution in [3.05, 3.63) is 60.2 Å². The number of benzene rings is 2. The first-order chi connectivity index (χ1) is 9.65. The second-order valence-electron chi connectivity index (χ2n) is 4.83. The highest BCUT2D eigenvalue weighted by atomic mass is 16.5. The number of hydrogen-bond donors (Lipinski definition) is 1. The molecule has 0 bridgehead atoms. The molecule has 0 aromatic heterocycles. The highest BCUT2D eigenvalue weighted by Crippen LogP contribution is 2.14. The predicted molar refractivity (Wildman–Crippen MR) is 81.5 cm³/mol. The molecule has 1 N–H and O–H groups in total. The quantitative estimate of drug-likeness (QED) is 0.811. The fourth-order valence-electron chi connectivity index (χ4n) is 1.83. The standard InChI is InChI=1S/C17H19NO2/c1-13(2)20-16-10-8-14(9-11-16)17(19)12-18-15-6-4-3-5-7-15/h3-11,13,18H,12H2,1-2H3. The van der Waals surface area contributed by atoms with E-state index in [0.29, 0.717) is 5.56 Å². The smallest absolute Gasteiger partial charge is 0.181 e. The van der Waals surface area contributed by atoms with E-state index in [1.165, 1.54) is 0 Å². The maximum absolute atomic E-state index is 12.0. The molecule has 104 valence electrons. The van der Waals surface area contributed by atoms with Crippen LogP contribution in [0.4, 0.5) is 5.69 Å². The van der Waals surface area contributed by atoms with Crippen LogP contribution >= 0.6 is 0 Å². The van der Waals surface area contributed by atoms with E-state index in [2.05, 4.69) is 5.32 Å². The third kappa shape index (κ3) is 4.12. The molecule has 0 spiro atoms. The third-order valence-corrected chi connectivity index (χ3v) is 2.77. The number of ketones is 1. The Kier molecular flexibility index (Phi) is 4.77. The number of carbonyl (C=O) groups excluding carboxylic acids is 1. The molecule has 0 heterocycles. The summed E-state index contributed by atoms with van der Waals surface area (Å²) in [7, 11) is 0. The van der Waals surface area contributed by atoms with Gasteiger partial charge in [0, 0.05) is 11.3 Å². The van der Waals surface area contributed by atoms with E-state index in [0.717, 1.165) is 11.4 Å². The van der Waals surface area contributed by atoms with E-state index in [9.17, 15) is 4.79 Å². The van der Waals surface area contributed by atoms with Crippen molar-refractivity contribution in [2.45, 2.75) is 20.0 Å². The SMILES string of the molecule is CC(C)Oc1ccc(C(=O)CNc2ccccc2)cc1. The fraction of sp³-hybridized carbons (Fsp3) is 0.235. The molecule has 2 aromatic carbocycles. The first kappa shape index (κ1) is 14.1. The van der Waals surface area contributed by atoms with Gasteiger partial charge in [-0.3, -0.25) is 4.79 Å². The average Bonchev–Trinajstić information content (AvgIpc) is 2.46. The minimum absolute atomic E-state index is 0.0601. The summed E-state index contributed by atoms with van der Waals surface area (Å²) in [5.74, 6) is 0.845. The van der Waals surface area contributed by atoms with Crippen molar-refractivity contribution in [3.63, 3.8) is 0 Å². The lowest BCUT2D eigenvalue weighted by Crippen LogP contribution is -2.14. The van der Waals surface area contributed by atoms with Crippen LogP contribution in [-0.4, -0.2) is 18.4 Å². The van der Waals surface area contributed by atoms with Crippen LogP contribution in [0, 0.1) is 0 Å². The van der Waals surface area contributed by atoms with Crippen LogP contribution < -0.4 is 10.1 Å². The van der Waals surface area contributed by atoms with E-state index in [1.807, 2.05) is 56.3 Å². The van der Waals surface area contributed by atoms with Crippen molar-refractivity contribution in [1.29, 1.82) is 0 Å². The van der Waals surface area contributed by atoms with Crippen LogP contribution in [0.25, 0.3) is 0 Å². The van der Waals surface area contributed by atoms with Gasteiger partial charge < -0.3 is 10.1 Å². The Labute approximate surface area is 119 Å². The van der Waals surface area contributed by atoms with Crippen molar-refractivity contribution < 1.29 is 9.53 Å². The number of Topliss-reactive ketones (excluding diaryl/α,β-unsaturated/α-hetero) is 1. The molecule has 0 unspecified atom stereocenters. The first-order valence-electron chi connectivity index (χ1n) is 6.74. The fourth-order valence-corrected chi connectivity index (χ4v) is 1.83. The van der Waals surface area contributed by atoms with Gasteiger partial charge in [-0.25, -0.2) is 0 Å². The van der Waals surface area contributed by atoms with Gasteiger partial charge in [0.2, 0.25) is 0 Å². The summed E-state index contributed by atoms with van der Waals surface area (Å²) in [4.78, 5) is 12.0. The zero-order valence-corrected chi connectivity index (χ0v) is 11.8. The normalized spacial score (nSPS) is 10.3. The Hall–Kier alpha value is -2.29. The van der Waals surface area contributed by atoms with E-state index in [1.54, 1.807) is 12.1 Å². The van der Waals surface area contributed by atoms with Gasteiger partial charge in [-0.2, -0.15) is 0 Å². The van der Waals surface area contributed by atoms with Gasteiger partial charge in [-0.15, -0.1) is 0 Å². The molecule has 0 radical (unpaired) electrons. The maximum Gasteiger partial charge on any atom is 0.181 e. The molecule has 20 heavy (non-hydrogen) atoms. The Morgan fingerprint density at radius 1 is 1.05 bits per heavy atom. The first-order valence-corrected chi connectivity index (χ1v) is 6.74. The molecule has 0 aliphatic rings. The summed E-state index contributed by atoms with van der Waals surface area (Å²) < 4.78 is 5.55. The molecular weight excluding hydrogens is 250 g/mol. The summed E-state index contributed by atoms with van der Waals surface area (Å²) in [6, 6.07) is 16.9. The molecule has 3 heteroatoms. The topological polar surface area (TPSA) is 38.3 Å². The zero-order chi connectivity index (χ0) is 14.4. The highest BCUT2D eigenvalue weighted by Gasteiger charge is 2.06. The van der Waals surface area contributed by atoms with Crippen molar-refractivity contribution in [2.75, 3.05) is 11.9 Å². The lowest BCUT2D eigenvalue weighted by molar-refractivity contribution is 0.101. The summed E-state index contributed by atoms with van der Waals surface area (Å²) >= 11 is 0. The van der Waals surface area contributed by atoms with Crippen LogP contribution in [0.3, 0.4) is 0 Å². The van der Waals surface area contributed by atoms with E-state index in [4.69, 9.17) is 4.74 Å². The number of ether oxygens (including phenoxy) is 1.